The van der Waals surface area contributed by atoms with Crippen LogP contribution in [0.2, 0.25) is 0 Å². The van der Waals surface area contributed by atoms with Gasteiger partial charge in [-0.2, -0.15) is 0 Å². The molecule has 30 heavy (non-hydrogen) atoms. The van der Waals surface area contributed by atoms with Gasteiger partial charge < -0.3 is 15.2 Å². The Labute approximate surface area is 181 Å². The van der Waals surface area contributed by atoms with Gasteiger partial charge in [-0.05, 0) is 41.6 Å². The molecule has 0 bridgehead atoms. The van der Waals surface area contributed by atoms with Crippen LogP contribution in [0.15, 0.2) is 46.6 Å². The highest BCUT2D eigenvalue weighted by molar-refractivity contribution is 7.17. The zero-order valence-electron chi connectivity index (χ0n) is 15.9. The molecular formula is C22H20ClFN2O3S. The minimum atomic E-state index is -0.355. The summed E-state index contributed by atoms with van der Waals surface area (Å²) in [5.41, 5.74) is 2.04. The Morgan fingerprint density at radius 1 is 1.23 bits per heavy atom. The number of rotatable bonds is 3. The number of aliphatic hydroxyl groups excluding tert-OH is 1. The van der Waals surface area contributed by atoms with Gasteiger partial charge in [0.25, 0.3) is 5.56 Å². The van der Waals surface area contributed by atoms with Crippen molar-refractivity contribution in [2.75, 3.05) is 13.1 Å². The van der Waals surface area contributed by atoms with Gasteiger partial charge in [0.15, 0.2) is 0 Å². The van der Waals surface area contributed by atoms with Crippen molar-refractivity contribution in [1.82, 2.24) is 9.88 Å². The van der Waals surface area contributed by atoms with E-state index >= 15 is 0 Å². The third-order valence-electron chi connectivity index (χ3n) is 5.56. The first-order valence-corrected chi connectivity index (χ1v) is 10.3. The summed E-state index contributed by atoms with van der Waals surface area (Å²) in [6.07, 6.45) is 0.360. The standard InChI is InChI=1S/C22H19FN2O3S.ClH/c23-16-9-12(1-2-13(16)10-25-7-5-14(26)11-25)19-18(27)4-3-17-20(19)15-6-8-29-21(15)22(28)24-17;/h1-4,6,8-9,14,26-27H,5,7,10-11H2,(H,24,28);1H. The van der Waals surface area contributed by atoms with Gasteiger partial charge in [0.05, 0.1) is 6.10 Å². The van der Waals surface area contributed by atoms with E-state index in [2.05, 4.69) is 4.98 Å². The Morgan fingerprint density at radius 2 is 2.07 bits per heavy atom. The fourth-order valence-electron chi connectivity index (χ4n) is 4.16. The predicted octanol–water partition coefficient (Wildman–Crippen LogP) is 4.24. The maximum absolute atomic E-state index is 14.9. The number of halogens is 2. The molecule has 5 rings (SSSR count). The number of benzene rings is 2. The fourth-order valence-corrected chi connectivity index (χ4v) is 4.95. The molecule has 3 heterocycles. The monoisotopic (exact) mass is 446 g/mol. The highest BCUT2D eigenvalue weighted by Crippen LogP contribution is 2.40. The molecule has 2 aromatic carbocycles. The van der Waals surface area contributed by atoms with Gasteiger partial charge in [-0.25, -0.2) is 4.39 Å². The number of β-amino-alcohol motifs (C(OH)–C–C–N with tert-alkyl or cyclic N) is 1. The third-order valence-corrected chi connectivity index (χ3v) is 6.47. The number of phenolic OH excluding ortho intramolecular Hbond substituents is 1. The van der Waals surface area contributed by atoms with Gasteiger partial charge >= 0.3 is 0 Å². The number of aliphatic hydroxyl groups is 1. The molecule has 2 aromatic heterocycles. The van der Waals surface area contributed by atoms with Crippen molar-refractivity contribution < 1.29 is 14.6 Å². The maximum atomic E-state index is 14.9. The SMILES string of the molecule is Cl.O=c1[nH]c2ccc(O)c(-c3ccc(CN4CCC(O)C4)c(F)c3)c2c2ccsc12. The van der Waals surface area contributed by atoms with Crippen molar-refractivity contribution in [2.45, 2.75) is 19.1 Å². The number of pyridine rings is 1. The van der Waals surface area contributed by atoms with Crippen LogP contribution in [0.5, 0.6) is 5.75 Å². The van der Waals surface area contributed by atoms with Crippen molar-refractivity contribution in [1.29, 1.82) is 0 Å². The Bertz CT molecular complexity index is 1300. The average molecular weight is 447 g/mol. The molecular weight excluding hydrogens is 427 g/mol. The van der Waals surface area contributed by atoms with E-state index in [0.717, 1.165) is 11.9 Å². The molecule has 1 fully saturated rings. The minimum Gasteiger partial charge on any atom is -0.507 e. The second-order valence-electron chi connectivity index (χ2n) is 7.48. The van der Waals surface area contributed by atoms with Crippen molar-refractivity contribution in [3.63, 3.8) is 0 Å². The third kappa shape index (κ3) is 3.48. The van der Waals surface area contributed by atoms with Crippen molar-refractivity contribution in [3.8, 4) is 16.9 Å². The average Bonchev–Trinajstić information content (AvgIpc) is 3.34. The minimum absolute atomic E-state index is 0. The van der Waals surface area contributed by atoms with Crippen LogP contribution in [-0.4, -0.2) is 39.3 Å². The lowest BCUT2D eigenvalue weighted by molar-refractivity contribution is 0.174. The first-order chi connectivity index (χ1) is 14.0. The molecule has 0 aliphatic carbocycles. The highest BCUT2D eigenvalue weighted by atomic mass is 35.5. The number of aromatic hydroxyl groups is 1. The summed E-state index contributed by atoms with van der Waals surface area (Å²) in [6.45, 7) is 1.73. The number of hydrogen-bond donors (Lipinski definition) is 3. The molecule has 4 aromatic rings. The van der Waals surface area contributed by atoms with E-state index in [-0.39, 0.29) is 35.6 Å². The van der Waals surface area contributed by atoms with Crippen LogP contribution in [0.1, 0.15) is 12.0 Å². The lowest BCUT2D eigenvalue weighted by atomic mass is 9.96. The topological polar surface area (TPSA) is 76.6 Å². The van der Waals surface area contributed by atoms with Crippen LogP contribution >= 0.6 is 23.7 Å². The number of thiophene rings is 1. The first-order valence-electron chi connectivity index (χ1n) is 9.45. The molecule has 5 nitrogen and oxygen atoms in total. The molecule has 3 N–H and O–H groups in total. The molecule has 0 spiro atoms. The summed E-state index contributed by atoms with van der Waals surface area (Å²) in [5, 5.41) is 23.6. The Morgan fingerprint density at radius 3 is 2.80 bits per heavy atom. The van der Waals surface area contributed by atoms with Crippen LogP contribution in [0.4, 0.5) is 4.39 Å². The fraction of sp³-hybridized carbons (Fsp3) is 0.227. The van der Waals surface area contributed by atoms with Crippen LogP contribution < -0.4 is 5.56 Å². The molecule has 0 radical (unpaired) electrons. The molecule has 0 saturated carbocycles. The van der Waals surface area contributed by atoms with E-state index in [1.807, 2.05) is 16.3 Å². The number of nitrogens with zero attached hydrogens (tertiary/aromatic N) is 1. The maximum Gasteiger partial charge on any atom is 0.266 e. The summed E-state index contributed by atoms with van der Waals surface area (Å²) < 4.78 is 15.5. The molecule has 1 aliphatic heterocycles. The van der Waals surface area contributed by atoms with Gasteiger partial charge in [0.2, 0.25) is 0 Å². The number of H-pyrrole nitrogens is 1. The second-order valence-corrected chi connectivity index (χ2v) is 8.40. The van der Waals surface area contributed by atoms with Gasteiger partial charge in [-0.3, -0.25) is 9.69 Å². The molecule has 8 heteroatoms. The van der Waals surface area contributed by atoms with Gasteiger partial charge in [0, 0.05) is 47.1 Å². The first kappa shape index (κ1) is 20.8. The van der Waals surface area contributed by atoms with Crippen LogP contribution in [0, 0.1) is 5.82 Å². The number of phenols is 1. The number of nitrogens with one attached hydrogen (secondary N) is 1. The Balaban J connectivity index is 0.00000218. The highest BCUT2D eigenvalue weighted by Gasteiger charge is 2.22. The molecule has 1 aliphatic rings. The van der Waals surface area contributed by atoms with Gasteiger partial charge in [-0.1, -0.05) is 12.1 Å². The number of fused-ring (bicyclic) bond motifs is 3. The van der Waals surface area contributed by atoms with Gasteiger partial charge in [-0.15, -0.1) is 23.7 Å². The number of aromatic nitrogens is 1. The van der Waals surface area contributed by atoms with E-state index in [4.69, 9.17) is 0 Å². The normalized spacial score (nSPS) is 16.9. The van der Waals surface area contributed by atoms with E-state index in [0.29, 0.717) is 51.8 Å². The van der Waals surface area contributed by atoms with E-state index in [1.54, 1.807) is 18.2 Å². The molecule has 156 valence electrons. The summed E-state index contributed by atoms with van der Waals surface area (Å²) in [6, 6.07) is 9.98. The van der Waals surface area contributed by atoms with Crippen LogP contribution in [0.25, 0.3) is 32.1 Å². The van der Waals surface area contributed by atoms with E-state index in [9.17, 15) is 19.4 Å². The number of aromatic amines is 1. The molecule has 1 atom stereocenters. The summed E-state index contributed by atoms with van der Waals surface area (Å²) in [4.78, 5) is 17.2. The lowest BCUT2D eigenvalue weighted by Gasteiger charge is -2.16. The zero-order chi connectivity index (χ0) is 20.1. The van der Waals surface area contributed by atoms with Crippen LogP contribution in [-0.2, 0) is 6.54 Å². The number of likely N-dealkylation sites (tertiary alicyclic amines) is 1. The van der Waals surface area contributed by atoms with Crippen molar-refractivity contribution in [3.05, 3.63) is 63.5 Å². The quantitative estimate of drug-likeness (QED) is 0.440. The van der Waals surface area contributed by atoms with Crippen LogP contribution in [0.3, 0.4) is 0 Å². The van der Waals surface area contributed by atoms with E-state index < -0.39 is 0 Å². The Hall–Kier alpha value is -2.45. The van der Waals surface area contributed by atoms with Gasteiger partial charge in [0.1, 0.15) is 16.3 Å². The largest absolute Gasteiger partial charge is 0.507 e. The Kier molecular flexibility index (Phi) is 5.55. The summed E-state index contributed by atoms with van der Waals surface area (Å²) in [5.74, 6) is -0.321. The smallest absolute Gasteiger partial charge is 0.266 e. The summed E-state index contributed by atoms with van der Waals surface area (Å²) in [7, 11) is 0. The molecule has 1 saturated heterocycles. The summed E-state index contributed by atoms with van der Waals surface area (Å²) >= 11 is 1.34. The number of hydrogen-bond acceptors (Lipinski definition) is 5. The zero-order valence-corrected chi connectivity index (χ0v) is 17.5. The molecule has 0 amide bonds. The van der Waals surface area contributed by atoms with E-state index in [1.165, 1.54) is 23.5 Å². The van der Waals surface area contributed by atoms with Crippen molar-refractivity contribution in [2.24, 2.45) is 0 Å². The predicted molar refractivity (Wildman–Crippen MR) is 120 cm³/mol. The second kappa shape index (κ2) is 8.00. The lowest BCUT2D eigenvalue weighted by Crippen LogP contribution is -2.22. The van der Waals surface area contributed by atoms with Crippen molar-refractivity contribution >= 4 is 44.7 Å². The molecule has 1 unspecified atom stereocenters.